The number of halogens is 2. The summed E-state index contributed by atoms with van der Waals surface area (Å²) in [6.45, 7) is 0.602. The number of nitrogens with zero attached hydrogens (tertiary/aromatic N) is 1. The summed E-state index contributed by atoms with van der Waals surface area (Å²) in [5, 5.41) is 25.7. The first-order chi connectivity index (χ1) is 11.4. The van der Waals surface area contributed by atoms with Crippen LogP contribution >= 0.6 is 23.2 Å². The van der Waals surface area contributed by atoms with E-state index in [1.54, 1.807) is 0 Å². The molecule has 0 saturated heterocycles. The van der Waals surface area contributed by atoms with Gasteiger partial charge >= 0.3 is 0 Å². The number of nitro benzene ring substituents is 1. The molecule has 0 aromatic heterocycles. The van der Waals surface area contributed by atoms with Crippen molar-refractivity contribution >= 4 is 40.5 Å². The first-order valence-corrected chi connectivity index (χ1v) is 7.58. The van der Waals surface area contributed by atoms with Gasteiger partial charge in [0.1, 0.15) is 5.75 Å². The highest BCUT2D eigenvalue weighted by Gasteiger charge is 2.14. The van der Waals surface area contributed by atoms with Gasteiger partial charge in [0, 0.05) is 30.8 Å². The van der Waals surface area contributed by atoms with Gasteiger partial charge in [-0.3, -0.25) is 14.9 Å². The molecule has 0 atom stereocenters. The van der Waals surface area contributed by atoms with Gasteiger partial charge in [-0.25, -0.2) is 0 Å². The number of phenolic OH excluding ortho intramolecular Hbond substituents is 1. The summed E-state index contributed by atoms with van der Waals surface area (Å²) in [6, 6.07) is 8.24. The summed E-state index contributed by atoms with van der Waals surface area (Å²) >= 11 is 11.9. The second-order valence-corrected chi connectivity index (χ2v) is 5.59. The minimum absolute atomic E-state index is 0.0793. The first-order valence-electron chi connectivity index (χ1n) is 6.83. The molecule has 0 spiro atoms. The number of carbonyl (C=O) groups is 1. The topological polar surface area (TPSA) is 104 Å². The Kier molecular flexibility index (Phi) is 5.83. The zero-order chi connectivity index (χ0) is 17.7. The van der Waals surface area contributed by atoms with E-state index < -0.39 is 4.92 Å². The molecule has 0 radical (unpaired) electrons. The number of anilines is 1. The van der Waals surface area contributed by atoms with Crippen LogP contribution in [0.2, 0.25) is 10.0 Å². The second kappa shape index (κ2) is 7.85. The number of benzene rings is 2. The quantitative estimate of drug-likeness (QED) is 0.410. The third-order valence-electron chi connectivity index (χ3n) is 3.08. The largest absolute Gasteiger partial charge is 0.508 e. The van der Waals surface area contributed by atoms with Gasteiger partial charge < -0.3 is 15.7 Å². The zero-order valence-electron chi connectivity index (χ0n) is 12.3. The van der Waals surface area contributed by atoms with Crippen LogP contribution in [0.3, 0.4) is 0 Å². The summed E-state index contributed by atoms with van der Waals surface area (Å²) in [4.78, 5) is 22.0. The Morgan fingerprint density at radius 1 is 1.12 bits per heavy atom. The number of phenols is 1. The molecule has 0 saturated carbocycles. The van der Waals surface area contributed by atoms with Crippen molar-refractivity contribution in [3.8, 4) is 5.75 Å². The molecule has 0 unspecified atom stereocenters. The number of nitrogens with one attached hydrogen (secondary N) is 2. The van der Waals surface area contributed by atoms with Gasteiger partial charge in [0.05, 0.1) is 20.7 Å². The molecular formula is C15H13Cl2N3O4. The average Bonchev–Trinajstić information content (AvgIpc) is 2.53. The lowest BCUT2D eigenvalue weighted by Gasteiger charge is -2.11. The van der Waals surface area contributed by atoms with Crippen molar-refractivity contribution in [1.29, 1.82) is 0 Å². The maximum absolute atomic E-state index is 11.9. The lowest BCUT2D eigenvalue weighted by Crippen LogP contribution is -2.28. The number of amides is 1. The molecule has 0 aliphatic carbocycles. The SMILES string of the molecule is O=C(NCCNc1c(Cl)cc([N+](=O)[O-])cc1Cl)c1ccc(O)cc1. The average molecular weight is 370 g/mol. The van der Waals surface area contributed by atoms with Crippen molar-refractivity contribution in [3.63, 3.8) is 0 Å². The summed E-state index contributed by atoms with van der Waals surface area (Å²) in [5.74, 6) is -0.214. The normalized spacial score (nSPS) is 10.2. The van der Waals surface area contributed by atoms with Gasteiger partial charge in [-0.1, -0.05) is 23.2 Å². The number of nitro groups is 1. The maximum atomic E-state index is 11.9. The molecule has 3 N–H and O–H groups in total. The number of non-ortho nitro benzene ring substituents is 1. The van der Waals surface area contributed by atoms with Crippen LogP contribution in [-0.2, 0) is 0 Å². The fourth-order valence-electron chi connectivity index (χ4n) is 1.91. The predicted octanol–water partition coefficient (Wildman–Crippen LogP) is 3.45. The molecule has 7 nitrogen and oxygen atoms in total. The number of hydrogen-bond acceptors (Lipinski definition) is 5. The number of carbonyl (C=O) groups excluding carboxylic acids is 1. The van der Waals surface area contributed by atoms with Crippen molar-refractivity contribution in [3.05, 3.63) is 62.1 Å². The third kappa shape index (κ3) is 4.50. The molecular weight excluding hydrogens is 357 g/mol. The van der Waals surface area contributed by atoms with Gasteiger partial charge in [-0.15, -0.1) is 0 Å². The highest BCUT2D eigenvalue weighted by atomic mass is 35.5. The third-order valence-corrected chi connectivity index (χ3v) is 3.68. The fraction of sp³-hybridized carbons (Fsp3) is 0.133. The van der Waals surface area contributed by atoms with E-state index in [1.807, 2.05) is 0 Å². The monoisotopic (exact) mass is 369 g/mol. The summed E-state index contributed by atoms with van der Waals surface area (Å²) in [5.41, 5.74) is 0.582. The van der Waals surface area contributed by atoms with Crippen LogP contribution in [0.25, 0.3) is 0 Å². The Balaban J connectivity index is 1.89. The standard InChI is InChI=1S/C15H13Cl2N3O4/c16-12-7-10(20(23)24)8-13(17)14(12)18-5-6-19-15(22)9-1-3-11(21)4-2-9/h1-4,7-8,18,21H,5-6H2,(H,19,22). The van der Waals surface area contributed by atoms with Crippen LogP contribution in [0.4, 0.5) is 11.4 Å². The number of rotatable bonds is 6. The summed E-state index contributed by atoms with van der Waals surface area (Å²) in [7, 11) is 0. The summed E-state index contributed by atoms with van der Waals surface area (Å²) in [6.07, 6.45) is 0. The van der Waals surface area contributed by atoms with Crippen LogP contribution in [-0.4, -0.2) is 29.0 Å². The van der Waals surface area contributed by atoms with Crippen LogP contribution in [0.1, 0.15) is 10.4 Å². The van der Waals surface area contributed by atoms with E-state index >= 15 is 0 Å². The van der Waals surface area contributed by atoms with Gasteiger partial charge in [0.15, 0.2) is 0 Å². The fourth-order valence-corrected chi connectivity index (χ4v) is 2.52. The highest BCUT2D eigenvalue weighted by molar-refractivity contribution is 6.39. The smallest absolute Gasteiger partial charge is 0.272 e. The van der Waals surface area contributed by atoms with E-state index in [4.69, 9.17) is 23.2 Å². The lowest BCUT2D eigenvalue weighted by atomic mass is 10.2. The lowest BCUT2D eigenvalue weighted by molar-refractivity contribution is -0.384. The molecule has 0 bridgehead atoms. The molecule has 2 aromatic carbocycles. The molecule has 9 heteroatoms. The maximum Gasteiger partial charge on any atom is 0.272 e. The van der Waals surface area contributed by atoms with Gasteiger partial charge in [0.2, 0.25) is 0 Å². The van der Waals surface area contributed by atoms with Crippen molar-refractivity contribution < 1.29 is 14.8 Å². The molecule has 0 heterocycles. The van der Waals surface area contributed by atoms with E-state index in [2.05, 4.69) is 10.6 Å². The van der Waals surface area contributed by atoms with E-state index in [-0.39, 0.29) is 33.9 Å². The van der Waals surface area contributed by atoms with Gasteiger partial charge in [-0.2, -0.15) is 0 Å². The van der Waals surface area contributed by atoms with Crippen molar-refractivity contribution in [2.75, 3.05) is 18.4 Å². The van der Waals surface area contributed by atoms with Crippen molar-refractivity contribution in [1.82, 2.24) is 5.32 Å². The predicted molar refractivity (Wildman–Crippen MR) is 92.0 cm³/mol. The van der Waals surface area contributed by atoms with Crippen molar-refractivity contribution in [2.24, 2.45) is 0 Å². The molecule has 0 aliphatic rings. The van der Waals surface area contributed by atoms with E-state index in [9.17, 15) is 20.0 Å². The van der Waals surface area contributed by atoms with Crippen LogP contribution in [0.15, 0.2) is 36.4 Å². The Morgan fingerprint density at radius 3 is 2.25 bits per heavy atom. The molecule has 24 heavy (non-hydrogen) atoms. The Labute approximate surface area is 147 Å². The molecule has 126 valence electrons. The van der Waals surface area contributed by atoms with Crippen LogP contribution < -0.4 is 10.6 Å². The van der Waals surface area contributed by atoms with E-state index in [0.717, 1.165) is 0 Å². The van der Waals surface area contributed by atoms with Gasteiger partial charge in [0.25, 0.3) is 11.6 Å². The molecule has 2 aromatic rings. The molecule has 0 aliphatic heterocycles. The number of aromatic hydroxyl groups is 1. The zero-order valence-corrected chi connectivity index (χ0v) is 13.8. The first kappa shape index (κ1) is 17.8. The minimum Gasteiger partial charge on any atom is -0.508 e. The van der Waals surface area contributed by atoms with Crippen LogP contribution in [0.5, 0.6) is 5.75 Å². The molecule has 0 fully saturated rings. The van der Waals surface area contributed by atoms with Crippen molar-refractivity contribution in [2.45, 2.75) is 0 Å². The second-order valence-electron chi connectivity index (χ2n) is 4.77. The number of hydrogen-bond donors (Lipinski definition) is 3. The minimum atomic E-state index is -0.584. The Morgan fingerprint density at radius 2 is 1.71 bits per heavy atom. The van der Waals surface area contributed by atoms with Crippen LogP contribution in [0, 0.1) is 10.1 Å². The molecule has 2 rings (SSSR count). The Hall–Kier alpha value is -2.51. The summed E-state index contributed by atoms with van der Waals surface area (Å²) < 4.78 is 0. The molecule has 1 amide bonds. The highest BCUT2D eigenvalue weighted by Crippen LogP contribution is 2.34. The Bertz CT molecular complexity index is 743. The van der Waals surface area contributed by atoms with E-state index in [0.29, 0.717) is 17.8 Å². The van der Waals surface area contributed by atoms with E-state index in [1.165, 1.54) is 36.4 Å². The van der Waals surface area contributed by atoms with Gasteiger partial charge in [-0.05, 0) is 24.3 Å².